The zero-order chi connectivity index (χ0) is 18.4. The fraction of sp³-hybridized carbons (Fsp3) is 0.375. The average Bonchev–Trinajstić information content (AvgIpc) is 2.43. The van der Waals surface area contributed by atoms with Crippen molar-refractivity contribution in [3.05, 3.63) is 58.4 Å². The molecule has 0 aliphatic heterocycles. The van der Waals surface area contributed by atoms with Crippen LogP contribution in [0.2, 0.25) is 0 Å². The molecule has 1 atom stereocenters. The van der Waals surface area contributed by atoms with Crippen LogP contribution >= 0.6 is 0 Å². The number of aliphatic hydroxyl groups excluding tert-OH is 2. The lowest BCUT2D eigenvalue weighted by molar-refractivity contribution is -0.153. The van der Waals surface area contributed by atoms with Crippen LogP contribution in [0.3, 0.4) is 0 Å². The van der Waals surface area contributed by atoms with Crippen molar-refractivity contribution >= 4 is 0 Å². The molecule has 0 aromatic carbocycles. The highest BCUT2D eigenvalue weighted by atomic mass is 19.4. The van der Waals surface area contributed by atoms with E-state index in [4.69, 9.17) is 11.5 Å². The first kappa shape index (κ1) is 20.7. The Kier molecular flexibility index (Phi) is 7.52. The number of hydrogen-bond acceptors (Lipinski definition) is 4. The van der Waals surface area contributed by atoms with Crippen LogP contribution in [0.4, 0.5) is 13.2 Å². The molecule has 0 amide bonds. The van der Waals surface area contributed by atoms with E-state index in [0.29, 0.717) is 0 Å². The summed E-state index contributed by atoms with van der Waals surface area (Å²) in [4.78, 5) is 0. The standard InChI is InChI=1S/C16H23F3N2O2/c1-5-11(8-13(21)14(23)6-2)15(16(17,18)19)9(3)7-12(20)10(4)22/h5-8,15,22-23H,20-21H2,1-4H3/b9-7+,11-5+,12-10-,13-8+,14-6+. The van der Waals surface area contributed by atoms with Gasteiger partial charge in [0.15, 0.2) is 0 Å². The van der Waals surface area contributed by atoms with Crippen molar-refractivity contribution in [1.82, 2.24) is 0 Å². The first-order valence-electron chi connectivity index (χ1n) is 6.84. The number of hydrogen-bond donors (Lipinski definition) is 4. The predicted molar refractivity (Wildman–Crippen MR) is 85.2 cm³/mol. The second-order valence-corrected chi connectivity index (χ2v) is 4.97. The van der Waals surface area contributed by atoms with Gasteiger partial charge in [0, 0.05) is 0 Å². The summed E-state index contributed by atoms with van der Waals surface area (Å²) in [5.74, 6) is -2.54. The zero-order valence-electron chi connectivity index (χ0n) is 13.6. The number of allylic oxidation sites excluding steroid dienone is 7. The summed E-state index contributed by atoms with van der Waals surface area (Å²) in [6.45, 7) is 5.48. The van der Waals surface area contributed by atoms with Crippen molar-refractivity contribution in [1.29, 1.82) is 0 Å². The Morgan fingerprint density at radius 1 is 1.00 bits per heavy atom. The molecule has 0 rings (SSSR count). The quantitative estimate of drug-likeness (QED) is 0.450. The van der Waals surface area contributed by atoms with E-state index in [0.717, 1.165) is 12.2 Å². The molecule has 0 bridgehead atoms. The second kappa shape index (κ2) is 8.36. The Balaban J connectivity index is 6.07. The molecule has 0 heterocycles. The normalized spacial score (nSPS) is 17.9. The highest BCUT2D eigenvalue weighted by Gasteiger charge is 2.42. The first-order chi connectivity index (χ1) is 10.4. The van der Waals surface area contributed by atoms with E-state index in [1.54, 1.807) is 0 Å². The third-order valence-electron chi connectivity index (χ3n) is 3.14. The van der Waals surface area contributed by atoms with Gasteiger partial charge in [0.25, 0.3) is 0 Å². The van der Waals surface area contributed by atoms with Crippen LogP contribution in [0, 0.1) is 5.92 Å². The molecule has 7 heteroatoms. The van der Waals surface area contributed by atoms with Crippen molar-refractivity contribution in [3.63, 3.8) is 0 Å². The molecular formula is C16H23F3N2O2. The number of alkyl halides is 3. The molecule has 4 nitrogen and oxygen atoms in total. The molecular weight excluding hydrogens is 309 g/mol. The largest absolute Gasteiger partial charge is 0.510 e. The van der Waals surface area contributed by atoms with E-state index < -0.39 is 12.1 Å². The van der Waals surface area contributed by atoms with Crippen molar-refractivity contribution in [3.8, 4) is 0 Å². The van der Waals surface area contributed by atoms with Crippen molar-refractivity contribution in [2.75, 3.05) is 0 Å². The average molecular weight is 332 g/mol. The second-order valence-electron chi connectivity index (χ2n) is 4.97. The summed E-state index contributed by atoms with van der Waals surface area (Å²) in [5, 5.41) is 18.7. The van der Waals surface area contributed by atoms with E-state index >= 15 is 0 Å². The topological polar surface area (TPSA) is 92.5 Å². The van der Waals surface area contributed by atoms with Crippen LogP contribution in [0.15, 0.2) is 58.4 Å². The third-order valence-corrected chi connectivity index (χ3v) is 3.14. The van der Waals surface area contributed by atoms with Gasteiger partial charge in [-0.15, -0.1) is 0 Å². The number of aliphatic hydroxyl groups is 2. The van der Waals surface area contributed by atoms with Gasteiger partial charge in [-0.05, 0) is 51.5 Å². The lowest BCUT2D eigenvalue weighted by Crippen LogP contribution is -2.26. The van der Waals surface area contributed by atoms with Gasteiger partial charge < -0.3 is 21.7 Å². The highest BCUT2D eigenvalue weighted by molar-refractivity contribution is 5.38. The monoisotopic (exact) mass is 332 g/mol. The molecule has 0 aromatic heterocycles. The SMILES string of the molecule is C\C=C(O)/C(N)=C\C(=C/C)C(/C(C)=C/C(N)=C(\C)O)C(F)(F)F. The molecule has 0 radical (unpaired) electrons. The Morgan fingerprint density at radius 3 is 1.87 bits per heavy atom. The predicted octanol–water partition coefficient (Wildman–Crippen LogP) is 4.11. The summed E-state index contributed by atoms with van der Waals surface area (Å²) in [5.41, 5.74) is 10.5. The summed E-state index contributed by atoms with van der Waals surface area (Å²) in [6, 6.07) is 0. The molecule has 1 unspecified atom stereocenters. The van der Waals surface area contributed by atoms with Crippen LogP contribution in [0.25, 0.3) is 0 Å². The van der Waals surface area contributed by atoms with Gasteiger partial charge in [-0.25, -0.2) is 0 Å². The minimum atomic E-state index is -4.59. The molecule has 0 saturated carbocycles. The van der Waals surface area contributed by atoms with E-state index in [2.05, 4.69) is 0 Å². The fourth-order valence-corrected chi connectivity index (χ4v) is 1.90. The van der Waals surface area contributed by atoms with Gasteiger partial charge >= 0.3 is 6.18 Å². The van der Waals surface area contributed by atoms with E-state index in [-0.39, 0.29) is 34.1 Å². The molecule has 130 valence electrons. The van der Waals surface area contributed by atoms with Gasteiger partial charge in [-0.1, -0.05) is 11.6 Å². The Labute approximate surface area is 134 Å². The summed E-state index contributed by atoms with van der Waals surface area (Å²) in [7, 11) is 0. The molecule has 23 heavy (non-hydrogen) atoms. The minimum absolute atomic E-state index is 0.111. The minimum Gasteiger partial charge on any atom is -0.510 e. The van der Waals surface area contributed by atoms with E-state index in [1.807, 2.05) is 0 Å². The Bertz CT molecular complexity index is 579. The van der Waals surface area contributed by atoms with Gasteiger partial charge in [0.05, 0.1) is 11.4 Å². The van der Waals surface area contributed by atoms with Crippen LogP contribution in [0.1, 0.15) is 27.7 Å². The molecule has 0 fully saturated rings. The number of rotatable bonds is 5. The van der Waals surface area contributed by atoms with Crippen molar-refractivity contribution < 1.29 is 23.4 Å². The number of halogens is 3. The van der Waals surface area contributed by atoms with E-state index in [1.165, 1.54) is 39.8 Å². The molecule has 0 aliphatic rings. The van der Waals surface area contributed by atoms with Gasteiger partial charge in [-0.3, -0.25) is 0 Å². The lowest BCUT2D eigenvalue weighted by Gasteiger charge is -2.23. The highest BCUT2D eigenvalue weighted by Crippen LogP contribution is 2.38. The van der Waals surface area contributed by atoms with Crippen LogP contribution < -0.4 is 11.5 Å². The van der Waals surface area contributed by atoms with Gasteiger partial charge in [0.1, 0.15) is 17.4 Å². The van der Waals surface area contributed by atoms with Gasteiger partial charge in [0.2, 0.25) is 0 Å². The molecule has 0 spiro atoms. The van der Waals surface area contributed by atoms with Gasteiger partial charge in [-0.2, -0.15) is 13.2 Å². The maximum Gasteiger partial charge on any atom is 0.399 e. The van der Waals surface area contributed by atoms with E-state index in [9.17, 15) is 23.4 Å². The zero-order valence-corrected chi connectivity index (χ0v) is 13.6. The molecule has 6 N–H and O–H groups in total. The van der Waals surface area contributed by atoms with Crippen molar-refractivity contribution in [2.45, 2.75) is 33.9 Å². The maximum absolute atomic E-state index is 13.4. The summed E-state index contributed by atoms with van der Waals surface area (Å²) >= 11 is 0. The first-order valence-corrected chi connectivity index (χ1v) is 6.84. The van der Waals surface area contributed by atoms with Crippen molar-refractivity contribution in [2.24, 2.45) is 17.4 Å². The fourth-order valence-electron chi connectivity index (χ4n) is 1.90. The third kappa shape index (κ3) is 6.14. The number of nitrogens with two attached hydrogens (primary N) is 2. The summed E-state index contributed by atoms with van der Waals surface area (Å²) in [6.07, 6.45) is 0.0821. The van der Waals surface area contributed by atoms with Crippen LogP contribution in [-0.4, -0.2) is 16.4 Å². The Hall–Kier alpha value is -2.31. The molecule has 0 aliphatic carbocycles. The lowest BCUT2D eigenvalue weighted by atomic mass is 9.89. The smallest absolute Gasteiger partial charge is 0.399 e. The molecule has 0 aromatic rings. The maximum atomic E-state index is 13.4. The Morgan fingerprint density at radius 2 is 1.52 bits per heavy atom. The van der Waals surface area contributed by atoms with Crippen LogP contribution in [0.5, 0.6) is 0 Å². The summed E-state index contributed by atoms with van der Waals surface area (Å²) < 4.78 is 40.3. The molecule has 0 saturated heterocycles. The van der Waals surface area contributed by atoms with Crippen LogP contribution in [-0.2, 0) is 0 Å².